The van der Waals surface area contributed by atoms with Crippen LogP contribution in [0.5, 0.6) is 11.5 Å². The first kappa shape index (κ1) is 28.8. The van der Waals surface area contributed by atoms with Crippen LogP contribution in [0.2, 0.25) is 0 Å². The zero-order valence-corrected chi connectivity index (χ0v) is 24.3. The molecule has 4 aromatic rings. The van der Waals surface area contributed by atoms with Gasteiger partial charge in [0.2, 0.25) is 0 Å². The van der Waals surface area contributed by atoms with E-state index in [2.05, 4.69) is 65.8 Å². The number of hydrogen-bond acceptors (Lipinski definition) is 4. The van der Waals surface area contributed by atoms with Crippen molar-refractivity contribution in [1.82, 2.24) is 0 Å². The number of phenols is 2. The van der Waals surface area contributed by atoms with Crippen molar-refractivity contribution in [2.45, 2.75) is 64.5 Å². The lowest BCUT2D eigenvalue weighted by atomic mass is 9.85. The molecule has 206 valence electrons. The van der Waals surface area contributed by atoms with Crippen LogP contribution in [-0.4, -0.2) is 22.6 Å². The summed E-state index contributed by atoms with van der Waals surface area (Å²) in [7, 11) is 0. The first-order valence-corrected chi connectivity index (χ1v) is 13.8. The van der Waals surface area contributed by atoms with E-state index in [0.29, 0.717) is 11.1 Å². The van der Waals surface area contributed by atoms with Gasteiger partial charge >= 0.3 is 0 Å². The second kappa shape index (κ2) is 11.9. The number of aliphatic imine (C=N–C) groups is 2. The van der Waals surface area contributed by atoms with E-state index in [1.54, 1.807) is 12.4 Å². The van der Waals surface area contributed by atoms with Crippen molar-refractivity contribution in [1.29, 1.82) is 0 Å². The number of para-hydroxylation sites is 2. The Labute approximate surface area is 238 Å². The molecule has 0 aliphatic heterocycles. The Balaban J connectivity index is 1.83. The summed E-state index contributed by atoms with van der Waals surface area (Å²) < 4.78 is 0. The minimum absolute atomic E-state index is 0.201. The van der Waals surface area contributed by atoms with Gasteiger partial charge in [-0.1, -0.05) is 126 Å². The average Bonchev–Trinajstić information content (AvgIpc) is 2.91. The highest BCUT2D eigenvalue weighted by atomic mass is 16.3. The van der Waals surface area contributed by atoms with Crippen molar-refractivity contribution >= 4 is 12.4 Å². The standard InChI is InChI=1S/C36H40N2O2/c1-35(2,3)29-21-13-19-27(33(29)39)23-37-31(25-15-9-7-10-16-25)32(26-17-11-8-12-18-26)38-24-28-20-14-22-30(34(28)40)36(4,5)6/h7-24,31-32,39-40H,1-6H3/b37-23+,38-24+/t31-,32-/m0/s1. The minimum atomic E-state index is -0.370. The van der Waals surface area contributed by atoms with Crippen LogP contribution in [0.3, 0.4) is 0 Å². The fourth-order valence-corrected chi connectivity index (χ4v) is 4.86. The first-order chi connectivity index (χ1) is 19.0. The van der Waals surface area contributed by atoms with E-state index in [4.69, 9.17) is 9.98 Å². The Bertz CT molecular complexity index is 1360. The van der Waals surface area contributed by atoms with Crippen molar-refractivity contribution in [2.75, 3.05) is 0 Å². The third kappa shape index (κ3) is 6.69. The smallest absolute Gasteiger partial charge is 0.128 e. The van der Waals surface area contributed by atoms with Gasteiger partial charge < -0.3 is 10.2 Å². The van der Waals surface area contributed by atoms with Crippen LogP contribution >= 0.6 is 0 Å². The first-order valence-electron chi connectivity index (χ1n) is 13.8. The minimum Gasteiger partial charge on any atom is -0.507 e. The molecule has 0 saturated heterocycles. The Morgan fingerprint density at radius 1 is 0.500 bits per heavy atom. The second-order valence-corrected chi connectivity index (χ2v) is 12.3. The summed E-state index contributed by atoms with van der Waals surface area (Å²) >= 11 is 0. The quantitative estimate of drug-likeness (QED) is 0.234. The molecule has 4 nitrogen and oxygen atoms in total. The maximum atomic E-state index is 11.1. The predicted octanol–water partition coefficient (Wildman–Crippen LogP) is 8.71. The Morgan fingerprint density at radius 3 is 1.18 bits per heavy atom. The van der Waals surface area contributed by atoms with Gasteiger partial charge in [-0.15, -0.1) is 0 Å². The summed E-state index contributed by atoms with van der Waals surface area (Å²) in [5.74, 6) is 0.489. The van der Waals surface area contributed by atoms with E-state index < -0.39 is 0 Å². The highest BCUT2D eigenvalue weighted by Gasteiger charge is 2.25. The molecule has 4 aromatic carbocycles. The number of benzene rings is 4. The highest BCUT2D eigenvalue weighted by Crippen LogP contribution is 2.38. The summed E-state index contributed by atoms with van der Waals surface area (Å²) in [5, 5.41) is 22.2. The molecule has 4 rings (SSSR count). The predicted molar refractivity (Wildman–Crippen MR) is 167 cm³/mol. The molecule has 0 fully saturated rings. The molecule has 0 bridgehead atoms. The summed E-state index contributed by atoms with van der Waals surface area (Å²) in [6.07, 6.45) is 3.51. The molecule has 0 spiro atoms. The van der Waals surface area contributed by atoms with Gasteiger partial charge in [0.05, 0.1) is 0 Å². The van der Waals surface area contributed by atoms with E-state index in [9.17, 15) is 10.2 Å². The van der Waals surface area contributed by atoms with Gasteiger partial charge in [-0.3, -0.25) is 9.98 Å². The molecule has 0 amide bonds. The van der Waals surface area contributed by atoms with E-state index >= 15 is 0 Å². The molecule has 0 radical (unpaired) electrons. The summed E-state index contributed by atoms with van der Waals surface area (Å²) in [4.78, 5) is 10.1. The van der Waals surface area contributed by atoms with E-state index in [0.717, 1.165) is 22.3 Å². The lowest BCUT2D eigenvalue weighted by Gasteiger charge is -2.23. The highest BCUT2D eigenvalue weighted by molar-refractivity contribution is 5.85. The van der Waals surface area contributed by atoms with Gasteiger partial charge in [0.25, 0.3) is 0 Å². The van der Waals surface area contributed by atoms with Gasteiger partial charge in [-0.25, -0.2) is 0 Å². The molecule has 2 N–H and O–H groups in total. The molecule has 0 aliphatic carbocycles. The van der Waals surface area contributed by atoms with E-state index in [1.807, 2.05) is 72.8 Å². The zero-order valence-electron chi connectivity index (χ0n) is 24.3. The van der Waals surface area contributed by atoms with E-state index in [-0.39, 0.29) is 34.4 Å². The van der Waals surface area contributed by atoms with Crippen molar-refractivity contribution in [3.63, 3.8) is 0 Å². The molecule has 2 atom stereocenters. The van der Waals surface area contributed by atoms with Gasteiger partial charge in [0, 0.05) is 23.6 Å². The van der Waals surface area contributed by atoms with Gasteiger partial charge in [-0.05, 0) is 45.2 Å². The van der Waals surface area contributed by atoms with E-state index in [1.165, 1.54) is 0 Å². The maximum absolute atomic E-state index is 11.1. The van der Waals surface area contributed by atoms with Gasteiger partial charge in [-0.2, -0.15) is 0 Å². The largest absolute Gasteiger partial charge is 0.507 e. The molecule has 40 heavy (non-hydrogen) atoms. The molecule has 0 saturated carbocycles. The van der Waals surface area contributed by atoms with Crippen LogP contribution in [-0.2, 0) is 10.8 Å². The van der Waals surface area contributed by atoms with Crippen LogP contribution in [0.25, 0.3) is 0 Å². The Morgan fingerprint density at radius 2 is 0.850 bits per heavy atom. The zero-order chi connectivity index (χ0) is 28.9. The second-order valence-electron chi connectivity index (χ2n) is 12.3. The van der Waals surface area contributed by atoms with Crippen molar-refractivity contribution < 1.29 is 10.2 Å². The molecule has 0 aromatic heterocycles. The van der Waals surface area contributed by atoms with Crippen molar-refractivity contribution in [2.24, 2.45) is 9.98 Å². The van der Waals surface area contributed by atoms with Crippen LogP contribution in [0.15, 0.2) is 107 Å². The fraction of sp³-hybridized carbons (Fsp3) is 0.278. The van der Waals surface area contributed by atoms with Crippen LogP contribution in [0.1, 0.15) is 87.0 Å². The summed E-state index contributed by atoms with van der Waals surface area (Å²) in [6, 6.07) is 31.0. The Kier molecular flexibility index (Phi) is 8.58. The lowest BCUT2D eigenvalue weighted by molar-refractivity contribution is 0.445. The molecule has 0 aliphatic rings. The SMILES string of the molecule is CC(C)(C)c1cccc(/C=N/[C@@H](c2ccccc2)[C@@H](/N=C/c2cccc(C(C)(C)C)c2O)c2ccccc2)c1O. The fourth-order valence-electron chi connectivity index (χ4n) is 4.86. The number of hydrogen-bond donors (Lipinski definition) is 2. The maximum Gasteiger partial charge on any atom is 0.128 e. The normalized spacial score (nSPS) is 14.1. The average molecular weight is 533 g/mol. The molecular weight excluding hydrogens is 492 g/mol. The lowest BCUT2D eigenvalue weighted by Crippen LogP contribution is -2.12. The van der Waals surface area contributed by atoms with Gasteiger partial charge in [0.1, 0.15) is 23.6 Å². The third-order valence-electron chi connectivity index (χ3n) is 7.08. The molecular formula is C36H40N2O2. The van der Waals surface area contributed by atoms with Crippen molar-refractivity contribution in [3.05, 3.63) is 130 Å². The van der Waals surface area contributed by atoms with Gasteiger partial charge in [0.15, 0.2) is 0 Å². The topological polar surface area (TPSA) is 65.2 Å². The van der Waals surface area contributed by atoms with Crippen LogP contribution < -0.4 is 0 Å². The number of phenolic OH excluding ortho intramolecular Hbond substituents is 2. The number of nitrogens with zero attached hydrogens (tertiary/aromatic N) is 2. The molecule has 0 heterocycles. The monoisotopic (exact) mass is 532 g/mol. The number of aromatic hydroxyl groups is 2. The van der Waals surface area contributed by atoms with Crippen molar-refractivity contribution in [3.8, 4) is 11.5 Å². The summed E-state index contributed by atoms with van der Waals surface area (Å²) in [5.41, 5.74) is 4.69. The summed E-state index contributed by atoms with van der Waals surface area (Å²) in [6.45, 7) is 12.5. The Hall–Kier alpha value is -4.18. The third-order valence-corrected chi connectivity index (χ3v) is 7.08. The van der Waals surface area contributed by atoms with Crippen LogP contribution in [0, 0.1) is 0 Å². The van der Waals surface area contributed by atoms with Crippen LogP contribution in [0.4, 0.5) is 0 Å². The molecule has 4 heteroatoms. The number of rotatable bonds is 7. The molecule has 0 unspecified atom stereocenters.